The van der Waals surface area contributed by atoms with E-state index in [1.165, 1.54) is 0 Å². The zero-order chi connectivity index (χ0) is 20.7. The third kappa shape index (κ3) is 3.14. The first-order valence-corrected chi connectivity index (χ1v) is 10.1. The van der Waals surface area contributed by atoms with Crippen LogP contribution < -0.4 is 20.1 Å². The lowest BCUT2D eigenvalue weighted by atomic mass is 9.75. The average Bonchev–Trinajstić information content (AvgIpc) is 3.21. The number of rotatable bonds is 3. The number of allylic oxidation sites excluding steroid dienone is 3. The van der Waals surface area contributed by atoms with Crippen molar-refractivity contribution in [1.82, 2.24) is 5.32 Å². The van der Waals surface area contributed by atoms with Gasteiger partial charge in [0.05, 0.1) is 0 Å². The standard InChI is InChI=1S/C24H22N2O4/c1-14-21(24(28)26-16-6-3-2-4-7-16)22(23-17(25-14)8-5-9-18(23)27)15-10-11-19-20(12-15)30-13-29-19/h2-4,6-7,10-12,22,25H,5,8-9,13H2,1H3,(H,26,28)/t22-/m0/s1. The van der Waals surface area contributed by atoms with E-state index in [9.17, 15) is 9.59 Å². The number of ketones is 1. The number of amides is 1. The van der Waals surface area contributed by atoms with Crippen LogP contribution in [0.25, 0.3) is 0 Å². The zero-order valence-corrected chi connectivity index (χ0v) is 16.7. The molecule has 3 aliphatic rings. The van der Waals surface area contributed by atoms with Gasteiger partial charge in [-0.15, -0.1) is 0 Å². The number of Topliss-reactive ketones (excluding diaryl/α,β-unsaturated/α-hetero) is 1. The second-order valence-electron chi connectivity index (χ2n) is 7.70. The number of nitrogens with one attached hydrogen (secondary N) is 2. The van der Waals surface area contributed by atoms with E-state index in [0.29, 0.717) is 34.8 Å². The predicted octanol–water partition coefficient (Wildman–Crippen LogP) is 4.02. The lowest BCUT2D eigenvalue weighted by molar-refractivity contribution is -0.116. The van der Waals surface area contributed by atoms with Crippen molar-refractivity contribution in [3.63, 3.8) is 0 Å². The molecule has 5 rings (SSSR count). The van der Waals surface area contributed by atoms with Gasteiger partial charge < -0.3 is 20.1 Å². The molecule has 1 aliphatic carbocycles. The molecule has 6 nitrogen and oxygen atoms in total. The summed E-state index contributed by atoms with van der Waals surface area (Å²) in [5, 5.41) is 6.32. The van der Waals surface area contributed by atoms with Crippen LogP contribution in [0.3, 0.4) is 0 Å². The first kappa shape index (κ1) is 18.5. The molecule has 6 heteroatoms. The number of carbonyl (C=O) groups is 2. The van der Waals surface area contributed by atoms with E-state index in [2.05, 4.69) is 10.6 Å². The van der Waals surface area contributed by atoms with Gasteiger partial charge in [-0.1, -0.05) is 24.3 Å². The highest BCUT2D eigenvalue weighted by Crippen LogP contribution is 2.45. The largest absolute Gasteiger partial charge is 0.454 e. The molecule has 152 valence electrons. The van der Waals surface area contributed by atoms with Crippen LogP contribution in [0.2, 0.25) is 0 Å². The Bertz CT molecular complexity index is 1100. The fourth-order valence-corrected chi connectivity index (χ4v) is 4.43. The number of dihydropyridines is 1. The van der Waals surface area contributed by atoms with Crippen LogP contribution in [0.1, 0.15) is 37.7 Å². The van der Waals surface area contributed by atoms with Crippen molar-refractivity contribution < 1.29 is 19.1 Å². The molecule has 0 spiro atoms. The van der Waals surface area contributed by atoms with Gasteiger partial charge in [-0.2, -0.15) is 0 Å². The number of fused-ring (bicyclic) bond motifs is 1. The number of ether oxygens (including phenoxy) is 2. The molecule has 0 saturated carbocycles. The summed E-state index contributed by atoms with van der Waals surface area (Å²) in [5.41, 5.74) is 4.47. The highest BCUT2D eigenvalue weighted by molar-refractivity contribution is 6.09. The van der Waals surface area contributed by atoms with E-state index in [-0.39, 0.29) is 18.5 Å². The van der Waals surface area contributed by atoms with Gasteiger partial charge >= 0.3 is 0 Å². The van der Waals surface area contributed by atoms with Crippen molar-refractivity contribution in [3.05, 3.63) is 76.6 Å². The third-order valence-electron chi connectivity index (χ3n) is 5.78. The van der Waals surface area contributed by atoms with Crippen LogP contribution in [0, 0.1) is 0 Å². The summed E-state index contributed by atoms with van der Waals surface area (Å²) in [4.78, 5) is 26.3. The van der Waals surface area contributed by atoms with Crippen LogP contribution in [-0.2, 0) is 9.59 Å². The molecule has 2 heterocycles. The van der Waals surface area contributed by atoms with Gasteiger partial charge in [-0.3, -0.25) is 9.59 Å². The van der Waals surface area contributed by atoms with E-state index in [4.69, 9.17) is 9.47 Å². The summed E-state index contributed by atoms with van der Waals surface area (Å²) in [7, 11) is 0. The Morgan fingerprint density at radius 1 is 1.07 bits per heavy atom. The fraction of sp³-hybridized carbons (Fsp3) is 0.250. The third-order valence-corrected chi connectivity index (χ3v) is 5.78. The minimum atomic E-state index is -0.452. The van der Waals surface area contributed by atoms with Crippen LogP contribution in [0.15, 0.2) is 71.1 Å². The number of hydrogen-bond donors (Lipinski definition) is 2. The topological polar surface area (TPSA) is 76.7 Å². The number of anilines is 1. The predicted molar refractivity (Wildman–Crippen MR) is 112 cm³/mol. The van der Waals surface area contributed by atoms with E-state index < -0.39 is 5.92 Å². The van der Waals surface area contributed by atoms with Gasteiger partial charge in [-0.25, -0.2) is 0 Å². The summed E-state index contributed by atoms with van der Waals surface area (Å²) < 4.78 is 11.0. The maximum Gasteiger partial charge on any atom is 0.254 e. The number of carbonyl (C=O) groups excluding carboxylic acids is 2. The average molecular weight is 402 g/mol. The van der Waals surface area contributed by atoms with Crippen molar-refractivity contribution in [3.8, 4) is 11.5 Å². The summed E-state index contributed by atoms with van der Waals surface area (Å²) >= 11 is 0. The molecule has 0 fully saturated rings. The molecular formula is C24H22N2O4. The molecule has 0 saturated heterocycles. The Balaban J connectivity index is 1.60. The molecule has 2 aromatic rings. The van der Waals surface area contributed by atoms with Crippen molar-refractivity contribution in [2.24, 2.45) is 0 Å². The van der Waals surface area contributed by atoms with Gasteiger partial charge in [0, 0.05) is 40.6 Å². The van der Waals surface area contributed by atoms with Crippen LogP contribution in [-0.4, -0.2) is 18.5 Å². The van der Waals surface area contributed by atoms with Crippen molar-refractivity contribution in [2.45, 2.75) is 32.1 Å². The summed E-state index contributed by atoms with van der Waals surface area (Å²) in [6.07, 6.45) is 2.11. The molecular weight excluding hydrogens is 380 g/mol. The van der Waals surface area contributed by atoms with Gasteiger partial charge in [0.1, 0.15) is 0 Å². The Hall–Kier alpha value is -3.54. The molecule has 0 bridgehead atoms. The molecule has 2 aliphatic heterocycles. The molecule has 0 radical (unpaired) electrons. The Kier molecular flexibility index (Phi) is 4.54. The van der Waals surface area contributed by atoms with Gasteiger partial charge in [0.25, 0.3) is 5.91 Å². The maximum atomic E-state index is 13.4. The summed E-state index contributed by atoms with van der Waals surface area (Å²) in [6, 6.07) is 15.0. The van der Waals surface area contributed by atoms with E-state index in [1.807, 2.05) is 55.5 Å². The number of para-hydroxylation sites is 1. The molecule has 2 N–H and O–H groups in total. The van der Waals surface area contributed by atoms with Crippen LogP contribution >= 0.6 is 0 Å². The van der Waals surface area contributed by atoms with E-state index in [0.717, 1.165) is 29.8 Å². The second kappa shape index (κ2) is 7.37. The van der Waals surface area contributed by atoms with Crippen LogP contribution in [0.4, 0.5) is 5.69 Å². The van der Waals surface area contributed by atoms with Crippen molar-refractivity contribution >= 4 is 17.4 Å². The van der Waals surface area contributed by atoms with Gasteiger partial charge in [-0.05, 0) is 49.6 Å². The van der Waals surface area contributed by atoms with E-state index in [1.54, 1.807) is 0 Å². The summed E-state index contributed by atoms with van der Waals surface area (Å²) in [6.45, 7) is 2.07. The minimum absolute atomic E-state index is 0.0870. The van der Waals surface area contributed by atoms with Gasteiger partial charge in [0.2, 0.25) is 6.79 Å². The molecule has 30 heavy (non-hydrogen) atoms. The second-order valence-corrected chi connectivity index (χ2v) is 7.70. The monoisotopic (exact) mass is 402 g/mol. The highest BCUT2D eigenvalue weighted by atomic mass is 16.7. The molecule has 1 amide bonds. The quantitative estimate of drug-likeness (QED) is 0.811. The van der Waals surface area contributed by atoms with Crippen molar-refractivity contribution in [2.75, 3.05) is 12.1 Å². The lowest BCUT2D eigenvalue weighted by Gasteiger charge is -2.34. The summed E-state index contributed by atoms with van der Waals surface area (Å²) in [5.74, 6) is 0.722. The first-order valence-electron chi connectivity index (χ1n) is 10.1. The van der Waals surface area contributed by atoms with E-state index >= 15 is 0 Å². The molecule has 0 aromatic heterocycles. The van der Waals surface area contributed by atoms with Crippen molar-refractivity contribution in [1.29, 1.82) is 0 Å². The Labute approximate surface area is 174 Å². The van der Waals surface area contributed by atoms with Crippen LogP contribution in [0.5, 0.6) is 11.5 Å². The first-order chi connectivity index (χ1) is 14.6. The molecule has 0 unspecified atom stereocenters. The SMILES string of the molecule is CC1=C(C(=O)Nc2ccccc2)[C@H](c2ccc3c(c2)OCO3)C2=C(CCCC2=O)N1. The number of benzene rings is 2. The lowest BCUT2D eigenvalue weighted by Crippen LogP contribution is -2.35. The Morgan fingerprint density at radius 3 is 2.70 bits per heavy atom. The zero-order valence-electron chi connectivity index (χ0n) is 16.7. The molecule has 1 atom stereocenters. The minimum Gasteiger partial charge on any atom is -0.454 e. The smallest absolute Gasteiger partial charge is 0.254 e. The normalized spacial score (nSPS) is 20.0. The molecule has 2 aromatic carbocycles. The Morgan fingerprint density at radius 2 is 1.87 bits per heavy atom. The maximum absolute atomic E-state index is 13.4. The van der Waals surface area contributed by atoms with Gasteiger partial charge in [0.15, 0.2) is 17.3 Å². The fourth-order valence-electron chi connectivity index (χ4n) is 4.43. The number of hydrogen-bond acceptors (Lipinski definition) is 5. The highest BCUT2D eigenvalue weighted by Gasteiger charge is 2.39.